The number of carbonyl (C=O) groups is 2. The number of aliphatic hydroxyl groups is 1. The van der Waals surface area contributed by atoms with Crippen LogP contribution in [-0.2, 0) is 15.0 Å². The molecule has 3 heterocycles. The number of amides is 1. The summed E-state index contributed by atoms with van der Waals surface area (Å²) in [5.41, 5.74) is 2.61. The largest absolute Gasteiger partial charge is 0.507 e. The number of aromatic nitrogens is 2. The van der Waals surface area contributed by atoms with E-state index in [9.17, 15) is 14.7 Å². The van der Waals surface area contributed by atoms with Crippen molar-refractivity contribution < 1.29 is 19.4 Å². The number of fused-ring (bicyclic) bond motifs is 1. The maximum absolute atomic E-state index is 13.4. The maximum atomic E-state index is 13.4. The van der Waals surface area contributed by atoms with Gasteiger partial charge in [-0.25, -0.2) is 4.98 Å². The standard InChI is InChI=1S/C28H24ClN3O4S/c1-28(2,3)17-8-10-19-21(13-17)37-27(31-19)32-23(16-6-5-11-30-14-16)22(25(34)26(32)35)24(33)15-7-9-18(29)20(12-15)36-4/h5-14,23,33H,1-4H3/b24-22+. The summed E-state index contributed by atoms with van der Waals surface area (Å²) in [5.74, 6) is -1.58. The molecule has 2 aromatic heterocycles. The van der Waals surface area contributed by atoms with E-state index in [-0.39, 0.29) is 16.7 Å². The molecule has 1 saturated heterocycles. The minimum Gasteiger partial charge on any atom is -0.507 e. The molecule has 0 spiro atoms. The van der Waals surface area contributed by atoms with Gasteiger partial charge in [0.05, 0.1) is 34.0 Å². The van der Waals surface area contributed by atoms with Gasteiger partial charge >= 0.3 is 5.91 Å². The SMILES string of the molecule is COc1cc(/C(O)=C2\C(=O)C(=O)N(c3nc4ccc(C(C)(C)C)cc4s3)C2c2cccnc2)ccc1Cl. The lowest BCUT2D eigenvalue weighted by atomic mass is 9.87. The second kappa shape index (κ2) is 9.28. The van der Waals surface area contributed by atoms with E-state index in [1.807, 2.05) is 12.1 Å². The minimum absolute atomic E-state index is 0.0582. The number of ether oxygens (including phenoxy) is 1. The Balaban J connectivity index is 1.70. The van der Waals surface area contributed by atoms with E-state index in [2.05, 4.69) is 31.8 Å². The van der Waals surface area contributed by atoms with E-state index in [1.54, 1.807) is 36.7 Å². The third kappa shape index (κ3) is 4.36. The van der Waals surface area contributed by atoms with Crippen molar-refractivity contribution in [1.29, 1.82) is 0 Å². The zero-order valence-corrected chi connectivity index (χ0v) is 22.2. The Kier molecular flexibility index (Phi) is 6.25. The molecule has 188 valence electrons. The van der Waals surface area contributed by atoms with Gasteiger partial charge in [-0.1, -0.05) is 55.8 Å². The summed E-state index contributed by atoms with van der Waals surface area (Å²) in [6.07, 6.45) is 3.18. The molecule has 1 amide bonds. The van der Waals surface area contributed by atoms with Crippen molar-refractivity contribution >= 4 is 55.7 Å². The molecule has 7 nitrogen and oxygen atoms in total. The third-order valence-electron chi connectivity index (χ3n) is 6.32. The Hall–Kier alpha value is -3.75. The topological polar surface area (TPSA) is 92.6 Å². The highest BCUT2D eigenvalue weighted by molar-refractivity contribution is 7.22. The average molecular weight is 534 g/mol. The number of halogens is 1. The first-order valence-electron chi connectivity index (χ1n) is 11.6. The van der Waals surface area contributed by atoms with Gasteiger partial charge in [-0.3, -0.25) is 19.5 Å². The van der Waals surface area contributed by atoms with Gasteiger partial charge in [0, 0.05) is 18.0 Å². The van der Waals surface area contributed by atoms with E-state index < -0.39 is 17.7 Å². The van der Waals surface area contributed by atoms with Crippen molar-refractivity contribution in [3.63, 3.8) is 0 Å². The number of aliphatic hydroxyl groups excluding tert-OH is 1. The van der Waals surface area contributed by atoms with Crippen LogP contribution in [0, 0.1) is 0 Å². The number of carbonyl (C=O) groups excluding carboxylic acids is 2. The summed E-state index contributed by atoms with van der Waals surface area (Å²) < 4.78 is 6.17. The number of rotatable bonds is 4. The van der Waals surface area contributed by atoms with Gasteiger partial charge in [-0.2, -0.15) is 0 Å². The fourth-order valence-electron chi connectivity index (χ4n) is 4.33. The first-order chi connectivity index (χ1) is 17.6. The molecule has 1 aliphatic rings. The average Bonchev–Trinajstić information content (AvgIpc) is 3.41. The number of anilines is 1. The van der Waals surface area contributed by atoms with Gasteiger partial charge in [0.2, 0.25) is 0 Å². The fourth-order valence-corrected chi connectivity index (χ4v) is 5.55. The molecule has 0 aliphatic carbocycles. The molecule has 1 atom stereocenters. The van der Waals surface area contributed by atoms with E-state index >= 15 is 0 Å². The highest BCUT2D eigenvalue weighted by Crippen LogP contribution is 2.45. The van der Waals surface area contributed by atoms with Gasteiger partial charge < -0.3 is 9.84 Å². The number of benzene rings is 2. The van der Waals surface area contributed by atoms with E-state index in [0.29, 0.717) is 27.0 Å². The summed E-state index contributed by atoms with van der Waals surface area (Å²) in [7, 11) is 1.46. The van der Waals surface area contributed by atoms with Crippen molar-refractivity contribution in [2.24, 2.45) is 0 Å². The van der Waals surface area contributed by atoms with Crippen LogP contribution in [0.4, 0.5) is 5.13 Å². The number of pyridine rings is 1. The molecule has 0 saturated carbocycles. The highest BCUT2D eigenvalue weighted by Gasteiger charge is 2.48. The first-order valence-corrected chi connectivity index (χ1v) is 12.8. The molecule has 1 N–H and O–H groups in total. The van der Waals surface area contributed by atoms with Crippen molar-refractivity contribution in [2.75, 3.05) is 12.0 Å². The van der Waals surface area contributed by atoms with Gasteiger partial charge in [0.25, 0.3) is 5.78 Å². The van der Waals surface area contributed by atoms with Crippen LogP contribution in [0.3, 0.4) is 0 Å². The van der Waals surface area contributed by atoms with Crippen molar-refractivity contribution in [1.82, 2.24) is 9.97 Å². The van der Waals surface area contributed by atoms with E-state index in [0.717, 1.165) is 15.8 Å². The van der Waals surface area contributed by atoms with Crippen molar-refractivity contribution in [2.45, 2.75) is 32.2 Å². The molecule has 2 aromatic carbocycles. The Morgan fingerprint density at radius 3 is 2.59 bits per heavy atom. The smallest absolute Gasteiger partial charge is 0.301 e. The molecule has 0 radical (unpaired) electrons. The van der Waals surface area contributed by atoms with E-state index in [4.69, 9.17) is 21.3 Å². The van der Waals surface area contributed by atoms with Crippen LogP contribution in [0.1, 0.15) is 43.5 Å². The monoisotopic (exact) mass is 533 g/mol. The number of methoxy groups -OCH3 is 1. The summed E-state index contributed by atoms with van der Waals surface area (Å²) >= 11 is 7.48. The molecule has 1 fully saturated rings. The lowest BCUT2D eigenvalue weighted by molar-refractivity contribution is -0.132. The van der Waals surface area contributed by atoms with Crippen LogP contribution in [0.2, 0.25) is 5.02 Å². The van der Waals surface area contributed by atoms with Crippen LogP contribution in [0.25, 0.3) is 16.0 Å². The number of hydrogen-bond acceptors (Lipinski definition) is 7. The van der Waals surface area contributed by atoms with Crippen LogP contribution >= 0.6 is 22.9 Å². The van der Waals surface area contributed by atoms with Crippen LogP contribution < -0.4 is 9.64 Å². The molecular weight excluding hydrogens is 510 g/mol. The molecular formula is C28H24ClN3O4S. The lowest BCUT2D eigenvalue weighted by Crippen LogP contribution is -2.29. The Bertz CT molecular complexity index is 1570. The quantitative estimate of drug-likeness (QED) is 0.188. The number of hydrogen-bond donors (Lipinski definition) is 1. The number of nitrogens with zero attached hydrogens (tertiary/aromatic N) is 3. The second-order valence-corrected chi connectivity index (χ2v) is 11.2. The summed E-state index contributed by atoms with van der Waals surface area (Å²) in [6, 6.07) is 13.2. The molecule has 1 unspecified atom stereocenters. The molecule has 0 bridgehead atoms. The van der Waals surface area contributed by atoms with Gasteiger partial charge in [0.1, 0.15) is 11.5 Å². The van der Waals surface area contributed by atoms with Crippen molar-refractivity contribution in [3.8, 4) is 5.75 Å². The Morgan fingerprint density at radius 2 is 1.92 bits per heavy atom. The maximum Gasteiger partial charge on any atom is 0.301 e. The van der Waals surface area contributed by atoms with E-state index in [1.165, 1.54) is 29.4 Å². The predicted octanol–water partition coefficient (Wildman–Crippen LogP) is 6.28. The van der Waals surface area contributed by atoms with Crippen molar-refractivity contribution in [3.05, 3.63) is 88.2 Å². The number of Topliss-reactive ketones (excluding diaryl/α,β-unsaturated/α-hetero) is 1. The second-order valence-electron chi connectivity index (χ2n) is 9.73. The molecule has 1 aliphatic heterocycles. The first kappa shape index (κ1) is 24.9. The molecule has 9 heteroatoms. The van der Waals surface area contributed by atoms with Gasteiger partial charge in [-0.15, -0.1) is 0 Å². The zero-order valence-electron chi connectivity index (χ0n) is 20.7. The summed E-state index contributed by atoms with van der Waals surface area (Å²) in [6.45, 7) is 6.38. The minimum atomic E-state index is -0.918. The molecule has 5 rings (SSSR count). The fraction of sp³-hybridized carbons (Fsp3) is 0.214. The predicted molar refractivity (Wildman–Crippen MR) is 145 cm³/mol. The summed E-state index contributed by atoms with van der Waals surface area (Å²) in [4.78, 5) is 37.1. The third-order valence-corrected chi connectivity index (χ3v) is 7.65. The summed E-state index contributed by atoms with van der Waals surface area (Å²) in [5, 5.41) is 12.0. The number of ketones is 1. The highest BCUT2D eigenvalue weighted by atomic mass is 35.5. The Labute approximate surface area is 223 Å². The molecule has 4 aromatic rings. The Morgan fingerprint density at radius 1 is 1.14 bits per heavy atom. The van der Waals surface area contributed by atoms with Crippen LogP contribution in [-0.4, -0.2) is 33.9 Å². The van der Waals surface area contributed by atoms with Crippen LogP contribution in [0.5, 0.6) is 5.75 Å². The zero-order chi connectivity index (χ0) is 26.5. The molecule has 37 heavy (non-hydrogen) atoms. The van der Waals surface area contributed by atoms with Crippen LogP contribution in [0.15, 0.2) is 66.5 Å². The number of thiazole rings is 1. The van der Waals surface area contributed by atoms with Gasteiger partial charge in [0.15, 0.2) is 5.13 Å². The normalized spacial score (nSPS) is 17.5. The lowest BCUT2D eigenvalue weighted by Gasteiger charge is -2.22. The van der Waals surface area contributed by atoms with Gasteiger partial charge in [-0.05, 0) is 52.9 Å².